The van der Waals surface area contributed by atoms with Gasteiger partial charge < -0.3 is 0 Å². The highest BCUT2D eigenvalue weighted by molar-refractivity contribution is 5.96. The second-order valence-corrected chi connectivity index (χ2v) is 2.69. The maximum Gasteiger partial charge on any atom is 0.0425 e. The second kappa shape index (κ2) is 5.90. The van der Waals surface area contributed by atoms with Gasteiger partial charge in [-0.25, -0.2) is 0 Å². The summed E-state index contributed by atoms with van der Waals surface area (Å²) in [5.74, 6) is 0.502. The summed E-state index contributed by atoms with van der Waals surface area (Å²) >= 11 is 0. The van der Waals surface area contributed by atoms with Crippen molar-refractivity contribution < 1.29 is 0 Å². The van der Waals surface area contributed by atoms with Crippen LogP contribution in [0.15, 0.2) is 29.4 Å². The Kier molecular flexibility index (Phi) is 5.44. The Balaban J connectivity index is 4.32. The van der Waals surface area contributed by atoms with Crippen LogP contribution in [0, 0.1) is 5.92 Å². The van der Waals surface area contributed by atoms with Crippen LogP contribution in [0.5, 0.6) is 0 Å². The molecule has 0 unspecified atom stereocenters. The van der Waals surface area contributed by atoms with Gasteiger partial charge in [0.15, 0.2) is 0 Å². The molecule has 0 aromatic heterocycles. The fourth-order valence-electron chi connectivity index (χ4n) is 0.716. The van der Waals surface area contributed by atoms with Crippen LogP contribution < -0.4 is 0 Å². The lowest BCUT2D eigenvalue weighted by atomic mass is 10.1. The number of hydrogen-bond donors (Lipinski definition) is 0. The highest BCUT2D eigenvalue weighted by atomic mass is 14.7. The molecule has 1 nitrogen and oxygen atoms in total. The molecule has 0 aliphatic heterocycles. The summed E-state index contributed by atoms with van der Waals surface area (Å²) in [6.45, 7) is 8.26. The monoisotopic (exact) mass is 151 g/mol. The van der Waals surface area contributed by atoms with Crippen LogP contribution in [0.25, 0.3) is 0 Å². The van der Waals surface area contributed by atoms with E-state index in [-0.39, 0.29) is 0 Å². The van der Waals surface area contributed by atoms with Crippen LogP contribution in [0.2, 0.25) is 0 Å². The molecule has 0 amide bonds. The van der Waals surface area contributed by atoms with Crippen LogP contribution in [0.3, 0.4) is 0 Å². The Morgan fingerprint density at radius 2 is 1.82 bits per heavy atom. The van der Waals surface area contributed by atoms with E-state index in [4.69, 9.17) is 0 Å². The lowest BCUT2D eigenvalue weighted by molar-refractivity contribution is 0.888. The SMILES string of the molecule is C\C=C/N=C(\C=C/C)C(C)C. The first kappa shape index (κ1) is 10.2. The Morgan fingerprint density at radius 1 is 1.18 bits per heavy atom. The first-order chi connectivity index (χ1) is 5.22. The third kappa shape index (κ3) is 4.54. The Hall–Kier alpha value is -0.850. The molecule has 0 atom stereocenters. The molecule has 0 saturated carbocycles. The molecule has 62 valence electrons. The first-order valence-electron chi connectivity index (χ1n) is 4.04. The summed E-state index contributed by atoms with van der Waals surface area (Å²) < 4.78 is 0. The predicted molar refractivity (Wildman–Crippen MR) is 51.9 cm³/mol. The van der Waals surface area contributed by atoms with Crippen molar-refractivity contribution in [3.63, 3.8) is 0 Å². The molecule has 0 saturated heterocycles. The van der Waals surface area contributed by atoms with Crippen molar-refractivity contribution in [3.05, 3.63) is 24.4 Å². The molecule has 1 heteroatoms. The average molecular weight is 151 g/mol. The molecule has 0 rings (SSSR count). The number of allylic oxidation sites excluding steroid dienone is 3. The molecular formula is C10H17N. The zero-order chi connectivity index (χ0) is 8.69. The lowest BCUT2D eigenvalue weighted by Crippen LogP contribution is -2.02. The molecule has 0 aliphatic rings. The van der Waals surface area contributed by atoms with Crippen molar-refractivity contribution in [3.8, 4) is 0 Å². The highest BCUT2D eigenvalue weighted by Gasteiger charge is 1.97. The molecule has 0 heterocycles. The third-order valence-electron chi connectivity index (χ3n) is 1.30. The Bertz CT molecular complexity index is 173. The Labute approximate surface area is 69.5 Å². The molecular weight excluding hydrogens is 134 g/mol. The van der Waals surface area contributed by atoms with Crippen LogP contribution in [-0.2, 0) is 0 Å². The summed E-state index contributed by atoms with van der Waals surface area (Å²) in [6.07, 6.45) is 7.83. The molecule has 0 fully saturated rings. The van der Waals surface area contributed by atoms with Gasteiger partial charge in [0.2, 0.25) is 0 Å². The van der Waals surface area contributed by atoms with Gasteiger partial charge in [0, 0.05) is 11.9 Å². The first-order valence-corrected chi connectivity index (χ1v) is 4.04. The minimum Gasteiger partial charge on any atom is -0.261 e. The van der Waals surface area contributed by atoms with Crippen LogP contribution in [0.1, 0.15) is 27.7 Å². The molecule has 0 N–H and O–H groups in total. The van der Waals surface area contributed by atoms with Gasteiger partial charge >= 0.3 is 0 Å². The minimum absolute atomic E-state index is 0.502. The summed E-state index contributed by atoms with van der Waals surface area (Å²) in [5, 5.41) is 0. The molecule has 0 bridgehead atoms. The molecule has 11 heavy (non-hydrogen) atoms. The van der Waals surface area contributed by atoms with Crippen LogP contribution in [0.4, 0.5) is 0 Å². The minimum atomic E-state index is 0.502. The fraction of sp³-hybridized carbons (Fsp3) is 0.500. The number of nitrogens with zero attached hydrogens (tertiary/aromatic N) is 1. The smallest absolute Gasteiger partial charge is 0.0425 e. The fourth-order valence-corrected chi connectivity index (χ4v) is 0.716. The largest absolute Gasteiger partial charge is 0.261 e. The van der Waals surface area contributed by atoms with Crippen molar-refractivity contribution in [2.24, 2.45) is 10.9 Å². The standard InChI is InChI=1S/C10H17N/c1-5-7-10(9(3)4)11-8-6-2/h5-9H,1-4H3/b7-5-,8-6-,11-10+. The van der Waals surface area contributed by atoms with Crippen molar-refractivity contribution in [1.29, 1.82) is 0 Å². The van der Waals surface area contributed by atoms with E-state index in [1.165, 1.54) is 0 Å². The molecule has 0 aliphatic carbocycles. The van der Waals surface area contributed by atoms with Crippen molar-refractivity contribution >= 4 is 5.71 Å². The van der Waals surface area contributed by atoms with E-state index in [0.717, 1.165) is 5.71 Å². The Morgan fingerprint density at radius 3 is 2.18 bits per heavy atom. The van der Waals surface area contributed by atoms with E-state index in [1.54, 1.807) is 0 Å². The van der Waals surface area contributed by atoms with Crippen LogP contribution >= 0.6 is 0 Å². The normalized spacial score (nSPS) is 14.1. The predicted octanol–water partition coefficient (Wildman–Crippen LogP) is 3.19. The summed E-state index contributed by atoms with van der Waals surface area (Å²) in [6, 6.07) is 0. The van der Waals surface area contributed by atoms with Gasteiger partial charge in [-0.15, -0.1) is 0 Å². The van der Waals surface area contributed by atoms with Crippen molar-refractivity contribution in [2.45, 2.75) is 27.7 Å². The number of aliphatic imine (C=N–C) groups is 1. The van der Waals surface area contributed by atoms with Gasteiger partial charge in [0.25, 0.3) is 0 Å². The van der Waals surface area contributed by atoms with Gasteiger partial charge in [0.1, 0.15) is 0 Å². The summed E-state index contributed by atoms with van der Waals surface area (Å²) in [5.41, 5.74) is 1.13. The zero-order valence-electron chi connectivity index (χ0n) is 7.83. The molecule has 0 aromatic rings. The summed E-state index contributed by atoms with van der Waals surface area (Å²) in [7, 11) is 0. The topological polar surface area (TPSA) is 12.4 Å². The quantitative estimate of drug-likeness (QED) is 0.549. The average Bonchev–Trinajstić information content (AvgIpc) is 1.97. The van der Waals surface area contributed by atoms with Gasteiger partial charge in [-0.3, -0.25) is 4.99 Å². The van der Waals surface area contributed by atoms with E-state index < -0.39 is 0 Å². The maximum atomic E-state index is 4.28. The van der Waals surface area contributed by atoms with Gasteiger partial charge in [-0.1, -0.05) is 26.0 Å². The molecule has 0 radical (unpaired) electrons. The zero-order valence-corrected chi connectivity index (χ0v) is 7.83. The van der Waals surface area contributed by atoms with E-state index in [9.17, 15) is 0 Å². The van der Waals surface area contributed by atoms with Gasteiger partial charge in [-0.05, 0) is 25.8 Å². The lowest BCUT2D eigenvalue weighted by Gasteiger charge is -2.01. The van der Waals surface area contributed by atoms with E-state index in [2.05, 4.69) is 18.8 Å². The number of hydrogen-bond acceptors (Lipinski definition) is 1. The highest BCUT2D eigenvalue weighted by Crippen LogP contribution is 1.99. The van der Waals surface area contributed by atoms with E-state index in [1.807, 2.05) is 38.3 Å². The van der Waals surface area contributed by atoms with Gasteiger partial charge in [-0.2, -0.15) is 0 Å². The van der Waals surface area contributed by atoms with Gasteiger partial charge in [0.05, 0.1) is 0 Å². The van der Waals surface area contributed by atoms with Crippen molar-refractivity contribution in [1.82, 2.24) is 0 Å². The van der Waals surface area contributed by atoms with E-state index >= 15 is 0 Å². The van der Waals surface area contributed by atoms with Crippen molar-refractivity contribution in [2.75, 3.05) is 0 Å². The molecule has 0 aromatic carbocycles. The third-order valence-corrected chi connectivity index (χ3v) is 1.30. The van der Waals surface area contributed by atoms with E-state index in [0.29, 0.717) is 5.92 Å². The second-order valence-electron chi connectivity index (χ2n) is 2.69. The summed E-state index contributed by atoms with van der Waals surface area (Å²) in [4.78, 5) is 4.28. The molecule has 0 spiro atoms. The maximum absolute atomic E-state index is 4.28. The van der Waals surface area contributed by atoms with Crippen LogP contribution in [-0.4, -0.2) is 5.71 Å². The number of rotatable bonds is 3.